The average molecular weight is 747 g/mol. The molecule has 4 heterocycles. The summed E-state index contributed by atoms with van der Waals surface area (Å²) in [5, 5.41) is 14.7. The van der Waals surface area contributed by atoms with E-state index < -0.39 is 0 Å². The highest BCUT2D eigenvalue weighted by atomic mass is 16.5. The van der Waals surface area contributed by atoms with Crippen molar-refractivity contribution >= 4 is 0 Å². The Morgan fingerprint density at radius 2 is 0.759 bits per heavy atom. The van der Waals surface area contributed by atoms with Crippen LogP contribution in [0.1, 0.15) is 128 Å². The van der Waals surface area contributed by atoms with Crippen LogP contribution in [0.4, 0.5) is 0 Å². The van der Waals surface area contributed by atoms with Gasteiger partial charge >= 0.3 is 0 Å². The molecule has 8 heteroatoms. The number of piperidine rings is 4. The lowest BCUT2D eigenvalue weighted by molar-refractivity contribution is 0.233. The molecule has 0 spiro atoms. The first-order chi connectivity index (χ1) is 26.6. The maximum Gasteiger partial charge on any atom is 0.161 e. The van der Waals surface area contributed by atoms with Gasteiger partial charge in [0.05, 0.1) is 26.4 Å². The predicted octanol–water partition coefficient (Wildman–Crippen LogP) is 8.39. The Bertz CT molecular complexity index is 1230. The van der Waals surface area contributed by atoms with Gasteiger partial charge in [0.1, 0.15) is 0 Å². The molecule has 4 N–H and O–H groups in total. The highest BCUT2D eigenvalue weighted by molar-refractivity contribution is 5.44. The van der Waals surface area contributed by atoms with Crippen LogP contribution in [0.15, 0.2) is 36.4 Å². The van der Waals surface area contributed by atoms with E-state index in [1.54, 1.807) is 0 Å². The van der Waals surface area contributed by atoms with Gasteiger partial charge in [-0.1, -0.05) is 51.7 Å². The second-order valence-electron chi connectivity index (χ2n) is 17.1. The van der Waals surface area contributed by atoms with Gasteiger partial charge in [0.15, 0.2) is 23.0 Å². The minimum absolute atomic E-state index is 0.495. The van der Waals surface area contributed by atoms with Crippen molar-refractivity contribution in [3.8, 4) is 23.0 Å². The molecule has 0 aromatic heterocycles. The van der Waals surface area contributed by atoms with Gasteiger partial charge in [-0.15, -0.1) is 0 Å². The van der Waals surface area contributed by atoms with E-state index in [0.717, 1.165) is 101 Å². The molecular formula is C46H74N4O4. The Labute approximate surface area is 328 Å². The number of nitrogens with one attached hydrogen (secondary N) is 4. The second kappa shape index (κ2) is 22.9. The Hall–Kier alpha value is -2.52. The third kappa shape index (κ3) is 13.9. The molecular weight excluding hydrogens is 673 g/mol. The van der Waals surface area contributed by atoms with Crippen LogP contribution in [0.2, 0.25) is 0 Å². The zero-order valence-electron chi connectivity index (χ0n) is 33.9. The molecule has 6 atom stereocenters. The second-order valence-corrected chi connectivity index (χ2v) is 17.1. The topological polar surface area (TPSA) is 85.0 Å². The largest absolute Gasteiger partial charge is 0.490 e. The average Bonchev–Trinajstić information content (AvgIpc) is 3.21. The third-order valence-corrected chi connectivity index (χ3v) is 12.6. The van der Waals surface area contributed by atoms with Crippen molar-refractivity contribution in [3.63, 3.8) is 0 Å². The van der Waals surface area contributed by atoms with Gasteiger partial charge in [0.25, 0.3) is 0 Å². The Balaban J connectivity index is 1.05. The lowest BCUT2D eigenvalue weighted by Crippen LogP contribution is -2.35. The summed E-state index contributed by atoms with van der Waals surface area (Å²) in [5.74, 6) is 4.56. The highest BCUT2D eigenvalue weighted by Crippen LogP contribution is 2.34. The summed E-state index contributed by atoms with van der Waals surface area (Å²) >= 11 is 0. The fourth-order valence-electron chi connectivity index (χ4n) is 8.90. The molecule has 8 nitrogen and oxygen atoms in total. The standard InChI is InChI=1S/C46H74N4O4/c1-35(31-37-15-17-43(51-27-19-39-11-3-7-23-47-39)45(33-37)53-29-21-41-13-5-9-25-49-41)36(2)32-38-16-18-44(52-28-20-40-12-4-8-24-48-40)46(34-38)54-30-22-42-14-6-10-26-50-42/h15-18,33-36,39-42,47-50H,3-14,19-32H2,1-2H3. The predicted molar refractivity (Wildman–Crippen MR) is 222 cm³/mol. The van der Waals surface area contributed by atoms with Crippen LogP contribution in [0.25, 0.3) is 0 Å². The lowest BCUT2D eigenvalue weighted by Gasteiger charge is -2.25. The highest BCUT2D eigenvalue weighted by Gasteiger charge is 2.20. The minimum Gasteiger partial charge on any atom is -0.490 e. The van der Waals surface area contributed by atoms with Crippen molar-refractivity contribution in [3.05, 3.63) is 47.5 Å². The molecule has 0 aliphatic carbocycles. The molecule has 6 rings (SSSR count). The van der Waals surface area contributed by atoms with Crippen molar-refractivity contribution in [1.29, 1.82) is 0 Å². The number of rotatable bonds is 21. The summed E-state index contributed by atoms with van der Waals surface area (Å²) in [6, 6.07) is 15.6. The summed E-state index contributed by atoms with van der Waals surface area (Å²) in [5.41, 5.74) is 2.64. The summed E-state index contributed by atoms with van der Waals surface area (Å²) in [6.45, 7) is 12.2. The van der Waals surface area contributed by atoms with Crippen LogP contribution < -0.4 is 40.2 Å². The molecule has 0 bridgehead atoms. The Morgan fingerprint density at radius 3 is 1.06 bits per heavy atom. The number of hydrogen-bond acceptors (Lipinski definition) is 8. The monoisotopic (exact) mass is 747 g/mol. The third-order valence-electron chi connectivity index (χ3n) is 12.6. The normalized spacial score (nSPS) is 24.7. The maximum absolute atomic E-state index is 6.50. The molecule has 0 saturated carbocycles. The SMILES string of the molecule is CC(Cc1ccc(OCCC2CCCCN2)c(OCCC2CCCCN2)c1)C(C)Cc1ccc(OCCC2CCCCN2)c(OCCC2CCCCN2)c1. The van der Waals surface area contributed by atoms with E-state index in [0.29, 0.717) is 49.2 Å². The van der Waals surface area contributed by atoms with Gasteiger partial charge < -0.3 is 40.2 Å². The van der Waals surface area contributed by atoms with Crippen molar-refractivity contribution in [2.45, 2.75) is 154 Å². The Kier molecular flexibility index (Phi) is 17.4. The molecule has 4 aliphatic rings. The fourth-order valence-corrected chi connectivity index (χ4v) is 8.90. The molecule has 0 radical (unpaired) electrons. The molecule has 0 amide bonds. The smallest absolute Gasteiger partial charge is 0.161 e. The van der Waals surface area contributed by atoms with Gasteiger partial charge in [-0.25, -0.2) is 0 Å². The van der Waals surface area contributed by atoms with Crippen molar-refractivity contribution in [1.82, 2.24) is 21.3 Å². The lowest BCUT2D eigenvalue weighted by atomic mass is 9.85. The van der Waals surface area contributed by atoms with Crippen LogP contribution in [0.3, 0.4) is 0 Å². The summed E-state index contributed by atoms with van der Waals surface area (Å²) in [4.78, 5) is 0. The molecule has 54 heavy (non-hydrogen) atoms. The van der Waals surface area contributed by atoms with E-state index in [1.165, 1.54) is 88.2 Å². The molecule has 2 aromatic rings. The van der Waals surface area contributed by atoms with Crippen LogP contribution in [-0.2, 0) is 12.8 Å². The van der Waals surface area contributed by atoms with E-state index >= 15 is 0 Å². The van der Waals surface area contributed by atoms with Crippen LogP contribution in [0.5, 0.6) is 23.0 Å². The van der Waals surface area contributed by atoms with E-state index in [-0.39, 0.29) is 0 Å². The Morgan fingerprint density at radius 1 is 0.444 bits per heavy atom. The fraction of sp³-hybridized carbons (Fsp3) is 0.739. The zero-order valence-corrected chi connectivity index (χ0v) is 33.9. The van der Waals surface area contributed by atoms with E-state index in [4.69, 9.17) is 18.9 Å². The van der Waals surface area contributed by atoms with Gasteiger partial charge in [-0.05, 0) is 163 Å². The number of benzene rings is 2. The first-order valence-electron chi connectivity index (χ1n) is 22.3. The van der Waals surface area contributed by atoms with E-state index in [9.17, 15) is 0 Å². The maximum atomic E-state index is 6.50. The van der Waals surface area contributed by atoms with Gasteiger partial charge in [0, 0.05) is 24.2 Å². The van der Waals surface area contributed by atoms with Crippen molar-refractivity contribution in [2.24, 2.45) is 11.8 Å². The molecule has 6 unspecified atom stereocenters. The molecule has 2 aromatic carbocycles. The minimum atomic E-state index is 0.495. The van der Waals surface area contributed by atoms with Gasteiger partial charge in [-0.2, -0.15) is 0 Å². The van der Waals surface area contributed by atoms with Crippen LogP contribution in [-0.4, -0.2) is 76.8 Å². The number of hydrogen-bond donors (Lipinski definition) is 4. The van der Waals surface area contributed by atoms with Crippen LogP contribution >= 0.6 is 0 Å². The zero-order chi connectivity index (χ0) is 37.2. The van der Waals surface area contributed by atoms with Crippen molar-refractivity contribution in [2.75, 3.05) is 52.6 Å². The quantitative estimate of drug-likeness (QED) is 0.101. The van der Waals surface area contributed by atoms with Crippen molar-refractivity contribution < 1.29 is 18.9 Å². The van der Waals surface area contributed by atoms with Gasteiger partial charge in [0.2, 0.25) is 0 Å². The van der Waals surface area contributed by atoms with E-state index in [2.05, 4.69) is 71.5 Å². The summed E-state index contributed by atoms with van der Waals surface area (Å²) < 4.78 is 25.8. The van der Waals surface area contributed by atoms with Gasteiger partial charge in [-0.3, -0.25) is 0 Å². The first kappa shape index (κ1) is 41.1. The van der Waals surface area contributed by atoms with Crippen LogP contribution in [0, 0.1) is 11.8 Å². The molecule has 4 saturated heterocycles. The first-order valence-corrected chi connectivity index (χ1v) is 22.3. The summed E-state index contributed by atoms with van der Waals surface area (Å²) in [7, 11) is 0. The number of ether oxygens (including phenoxy) is 4. The molecule has 4 fully saturated rings. The molecule has 302 valence electrons. The summed E-state index contributed by atoms with van der Waals surface area (Å²) in [6.07, 6.45) is 21.6. The van der Waals surface area contributed by atoms with E-state index in [1.807, 2.05) is 0 Å². The molecule has 4 aliphatic heterocycles.